The van der Waals surface area contributed by atoms with Crippen LogP contribution in [-0.4, -0.2) is 41.3 Å². The fourth-order valence-corrected chi connectivity index (χ4v) is 3.02. The second-order valence-electron chi connectivity index (χ2n) is 6.00. The second kappa shape index (κ2) is 6.52. The first-order valence-electron chi connectivity index (χ1n) is 8.31. The molecule has 27 heavy (non-hydrogen) atoms. The molecule has 0 bridgehead atoms. The van der Waals surface area contributed by atoms with Crippen LogP contribution in [0.1, 0.15) is 24.2 Å². The minimum Gasteiger partial charge on any atom is -0.370 e. The van der Waals surface area contributed by atoms with Crippen LogP contribution in [0.5, 0.6) is 0 Å². The standard InChI is InChI=1S/C15H16F3N9/c1-2-19-13-10(15(16,17)18)6-20-14(25-13)24-11-7-23-26-8-9(5-12(11)26)27-21-3-4-22-27/h3-4,6-7,9H,2,5,8H2,1H3,(H2,19,20,24,25)/t9-/m1/s1. The zero-order valence-electron chi connectivity index (χ0n) is 14.3. The summed E-state index contributed by atoms with van der Waals surface area (Å²) < 4.78 is 41.0. The third-order valence-corrected chi connectivity index (χ3v) is 4.21. The summed E-state index contributed by atoms with van der Waals surface area (Å²) in [6.07, 6.45) is 1.71. The number of aromatic nitrogens is 7. The van der Waals surface area contributed by atoms with Crippen molar-refractivity contribution in [3.63, 3.8) is 0 Å². The highest BCUT2D eigenvalue weighted by atomic mass is 19.4. The number of nitrogens with one attached hydrogen (secondary N) is 2. The number of rotatable bonds is 5. The van der Waals surface area contributed by atoms with Crippen molar-refractivity contribution >= 4 is 17.5 Å². The minimum absolute atomic E-state index is 0.0371. The Bertz CT molecular complexity index is 933. The average Bonchev–Trinajstić information content (AvgIpc) is 3.32. The molecule has 9 nitrogen and oxygen atoms in total. The van der Waals surface area contributed by atoms with Crippen LogP contribution in [0.4, 0.5) is 30.6 Å². The Balaban J connectivity index is 1.57. The molecule has 1 aliphatic heterocycles. The van der Waals surface area contributed by atoms with E-state index in [9.17, 15) is 13.2 Å². The van der Waals surface area contributed by atoms with Crippen LogP contribution in [0.15, 0.2) is 24.8 Å². The van der Waals surface area contributed by atoms with Crippen molar-refractivity contribution in [1.29, 1.82) is 0 Å². The number of halogens is 3. The molecule has 0 saturated heterocycles. The molecule has 3 aromatic heterocycles. The predicted molar refractivity (Wildman–Crippen MR) is 89.5 cm³/mol. The molecule has 0 aliphatic carbocycles. The SMILES string of the molecule is CCNc1nc(Nc2cnn3c2C[C@@H](n2nccn2)C3)ncc1C(F)(F)F. The van der Waals surface area contributed by atoms with E-state index in [0.29, 0.717) is 25.2 Å². The van der Waals surface area contributed by atoms with Gasteiger partial charge in [0, 0.05) is 19.2 Å². The zero-order chi connectivity index (χ0) is 19.0. The van der Waals surface area contributed by atoms with E-state index < -0.39 is 11.7 Å². The maximum absolute atomic E-state index is 13.1. The summed E-state index contributed by atoms with van der Waals surface area (Å²) in [7, 11) is 0. The molecule has 2 N–H and O–H groups in total. The Morgan fingerprint density at radius 1 is 1.19 bits per heavy atom. The number of hydrogen-bond donors (Lipinski definition) is 2. The van der Waals surface area contributed by atoms with E-state index in [4.69, 9.17) is 0 Å². The van der Waals surface area contributed by atoms with E-state index in [1.807, 2.05) is 4.68 Å². The van der Waals surface area contributed by atoms with Gasteiger partial charge in [-0.05, 0) is 6.92 Å². The highest BCUT2D eigenvalue weighted by Gasteiger charge is 2.35. The van der Waals surface area contributed by atoms with E-state index >= 15 is 0 Å². The van der Waals surface area contributed by atoms with Gasteiger partial charge in [0.2, 0.25) is 5.95 Å². The molecule has 0 unspecified atom stereocenters. The Hall–Kier alpha value is -3.18. The summed E-state index contributed by atoms with van der Waals surface area (Å²) in [6, 6.07) is 0.0371. The Morgan fingerprint density at radius 2 is 1.96 bits per heavy atom. The van der Waals surface area contributed by atoms with Crippen molar-refractivity contribution in [2.45, 2.75) is 32.1 Å². The van der Waals surface area contributed by atoms with Crippen molar-refractivity contribution in [3.8, 4) is 0 Å². The van der Waals surface area contributed by atoms with Crippen LogP contribution in [0.25, 0.3) is 0 Å². The van der Waals surface area contributed by atoms with Gasteiger partial charge in [0.15, 0.2) is 0 Å². The molecule has 4 rings (SSSR count). The van der Waals surface area contributed by atoms with Gasteiger partial charge < -0.3 is 10.6 Å². The molecule has 0 amide bonds. The van der Waals surface area contributed by atoms with Crippen LogP contribution in [-0.2, 0) is 19.1 Å². The molecule has 0 fully saturated rings. The quantitative estimate of drug-likeness (QED) is 0.702. The Labute approximate surface area is 151 Å². The van der Waals surface area contributed by atoms with E-state index in [1.165, 1.54) is 0 Å². The van der Waals surface area contributed by atoms with Crippen molar-refractivity contribution in [3.05, 3.63) is 36.0 Å². The minimum atomic E-state index is -4.53. The monoisotopic (exact) mass is 379 g/mol. The van der Waals surface area contributed by atoms with Crippen molar-refractivity contribution < 1.29 is 13.2 Å². The molecule has 12 heteroatoms. The predicted octanol–water partition coefficient (Wildman–Crippen LogP) is 2.26. The topological polar surface area (TPSA) is 98.4 Å². The highest BCUT2D eigenvalue weighted by Crippen LogP contribution is 2.35. The fraction of sp³-hybridized carbons (Fsp3) is 0.400. The van der Waals surface area contributed by atoms with Gasteiger partial charge in [0.1, 0.15) is 11.4 Å². The lowest BCUT2D eigenvalue weighted by molar-refractivity contribution is -0.137. The first kappa shape index (κ1) is 17.2. The molecular weight excluding hydrogens is 363 g/mol. The summed E-state index contributed by atoms with van der Waals surface area (Å²) in [6.45, 7) is 2.62. The molecule has 0 spiro atoms. The summed E-state index contributed by atoms with van der Waals surface area (Å²) in [5.41, 5.74) is 0.637. The molecule has 1 atom stereocenters. The van der Waals surface area contributed by atoms with Crippen molar-refractivity contribution in [2.24, 2.45) is 0 Å². The van der Waals surface area contributed by atoms with Gasteiger partial charge in [-0.1, -0.05) is 0 Å². The first-order chi connectivity index (χ1) is 13.0. The Kier molecular flexibility index (Phi) is 4.16. The van der Waals surface area contributed by atoms with Crippen LogP contribution in [0, 0.1) is 0 Å². The summed E-state index contributed by atoms with van der Waals surface area (Å²) in [5, 5.41) is 18.2. The molecule has 0 saturated carbocycles. The lowest BCUT2D eigenvalue weighted by Crippen LogP contribution is -2.14. The van der Waals surface area contributed by atoms with Gasteiger partial charge >= 0.3 is 6.18 Å². The molecule has 0 radical (unpaired) electrons. The summed E-state index contributed by atoms with van der Waals surface area (Å²) >= 11 is 0. The third kappa shape index (κ3) is 3.29. The number of hydrogen-bond acceptors (Lipinski definition) is 7. The fourth-order valence-electron chi connectivity index (χ4n) is 3.02. The number of nitrogens with zero attached hydrogens (tertiary/aromatic N) is 7. The van der Waals surface area contributed by atoms with Gasteiger partial charge in [-0.25, -0.2) is 4.98 Å². The number of fused-ring (bicyclic) bond motifs is 1. The van der Waals surface area contributed by atoms with E-state index in [2.05, 4.69) is 35.9 Å². The average molecular weight is 379 g/mol. The summed E-state index contributed by atoms with van der Waals surface area (Å²) in [5.74, 6) is -0.194. The van der Waals surface area contributed by atoms with E-state index in [0.717, 1.165) is 11.9 Å². The maximum atomic E-state index is 13.1. The molecule has 0 aromatic carbocycles. The largest absolute Gasteiger partial charge is 0.421 e. The van der Waals surface area contributed by atoms with E-state index in [1.54, 1.807) is 30.3 Å². The van der Waals surface area contributed by atoms with Crippen LogP contribution in [0.3, 0.4) is 0 Å². The molecule has 142 valence electrons. The normalized spacial score (nSPS) is 16.4. The maximum Gasteiger partial charge on any atom is 0.421 e. The Morgan fingerprint density at radius 3 is 2.67 bits per heavy atom. The number of anilines is 3. The van der Waals surface area contributed by atoms with Gasteiger partial charge in [0.25, 0.3) is 0 Å². The van der Waals surface area contributed by atoms with Crippen molar-refractivity contribution in [2.75, 3.05) is 17.2 Å². The second-order valence-corrected chi connectivity index (χ2v) is 6.00. The first-order valence-corrected chi connectivity index (χ1v) is 8.31. The lowest BCUT2D eigenvalue weighted by atomic mass is 10.2. The van der Waals surface area contributed by atoms with Gasteiger partial charge in [-0.15, -0.1) is 0 Å². The van der Waals surface area contributed by atoms with Crippen LogP contribution >= 0.6 is 0 Å². The molecule has 3 aromatic rings. The molecular formula is C15H16F3N9. The van der Waals surface area contributed by atoms with Gasteiger partial charge in [-0.3, -0.25) is 4.68 Å². The zero-order valence-corrected chi connectivity index (χ0v) is 14.3. The van der Waals surface area contributed by atoms with Crippen LogP contribution < -0.4 is 10.6 Å². The smallest absolute Gasteiger partial charge is 0.370 e. The summed E-state index contributed by atoms with van der Waals surface area (Å²) in [4.78, 5) is 9.41. The number of alkyl halides is 3. The van der Waals surface area contributed by atoms with Gasteiger partial charge in [-0.2, -0.15) is 38.2 Å². The van der Waals surface area contributed by atoms with Crippen LogP contribution in [0.2, 0.25) is 0 Å². The third-order valence-electron chi connectivity index (χ3n) is 4.21. The highest BCUT2D eigenvalue weighted by molar-refractivity contribution is 5.59. The lowest BCUT2D eigenvalue weighted by Gasteiger charge is -2.14. The van der Waals surface area contributed by atoms with E-state index in [-0.39, 0.29) is 17.8 Å². The molecule has 1 aliphatic rings. The van der Waals surface area contributed by atoms with Gasteiger partial charge in [0.05, 0.1) is 42.6 Å². The van der Waals surface area contributed by atoms with Crippen molar-refractivity contribution in [1.82, 2.24) is 34.7 Å². The molecule has 4 heterocycles.